The standard InChI is InChI=1S/C32H37NO7/c1-18-29(32(35)40-22-8-6-7-9-22)30(20-11-13-26(37-3)28(17-20)39-5)31-23(33-18)14-21(15-24(31)34)19-10-12-25(36-2)27(16-19)38-4/h10-13,16-17,21-22,29-30H,6-9,14-15H2,1-5H3/t21-,29?,30+/m0/s1. The van der Waals surface area contributed by atoms with Crippen LogP contribution >= 0.6 is 0 Å². The van der Waals surface area contributed by atoms with E-state index in [0.29, 0.717) is 47.1 Å². The Morgan fingerprint density at radius 1 is 0.800 bits per heavy atom. The maximum atomic E-state index is 14.0. The van der Waals surface area contributed by atoms with Crippen LogP contribution in [0.25, 0.3) is 0 Å². The second-order valence-corrected chi connectivity index (χ2v) is 10.7. The molecule has 0 amide bonds. The van der Waals surface area contributed by atoms with Crippen molar-refractivity contribution in [3.63, 3.8) is 0 Å². The molecule has 212 valence electrons. The van der Waals surface area contributed by atoms with E-state index in [1.54, 1.807) is 28.4 Å². The van der Waals surface area contributed by atoms with E-state index in [0.717, 1.165) is 42.5 Å². The second kappa shape index (κ2) is 11.7. The monoisotopic (exact) mass is 547 g/mol. The zero-order valence-corrected chi connectivity index (χ0v) is 23.8. The van der Waals surface area contributed by atoms with Crippen LogP contribution in [0.15, 0.2) is 52.7 Å². The van der Waals surface area contributed by atoms with Gasteiger partial charge < -0.3 is 23.7 Å². The molecule has 1 aliphatic heterocycles. The fraction of sp³-hybridized carbons (Fsp3) is 0.469. The third kappa shape index (κ3) is 5.19. The van der Waals surface area contributed by atoms with Crippen LogP contribution in [-0.4, -0.2) is 52.0 Å². The Balaban J connectivity index is 1.56. The molecule has 1 unspecified atom stereocenters. The van der Waals surface area contributed by atoms with Crippen molar-refractivity contribution < 1.29 is 33.3 Å². The highest BCUT2D eigenvalue weighted by molar-refractivity contribution is 6.09. The molecule has 5 rings (SSSR count). The highest BCUT2D eigenvalue weighted by atomic mass is 16.5. The zero-order valence-electron chi connectivity index (χ0n) is 23.8. The fourth-order valence-electron chi connectivity index (χ4n) is 6.36. The van der Waals surface area contributed by atoms with E-state index in [2.05, 4.69) is 0 Å². The van der Waals surface area contributed by atoms with Crippen molar-refractivity contribution in [1.29, 1.82) is 0 Å². The number of ketones is 1. The van der Waals surface area contributed by atoms with Crippen molar-refractivity contribution >= 4 is 17.5 Å². The van der Waals surface area contributed by atoms with Crippen molar-refractivity contribution in [2.24, 2.45) is 10.9 Å². The molecule has 0 aromatic heterocycles. The van der Waals surface area contributed by atoms with Gasteiger partial charge in [0.1, 0.15) is 12.0 Å². The molecule has 0 radical (unpaired) electrons. The summed E-state index contributed by atoms with van der Waals surface area (Å²) in [6.07, 6.45) is 4.64. The van der Waals surface area contributed by atoms with Crippen LogP contribution in [0.5, 0.6) is 23.0 Å². The van der Waals surface area contributed by atoms with Gasteiger partial charge in [0, 0.05) is 29.3 Å². The number of hydrogen-bond acceptors (Lipinski definition) is 8. The lowest BCUT2D eigenvalue weighted by atomic mass is 9.69. The number of benzene rings is 2. The molecule has 1 saturated carbocycles. The first-order valence-electron chi connectivity index (χ1n) is 13.8. The van der Waals surface area contributed by atoms with E-state index in [1.807, 2.05) is 43.3 Å². The van der Waals surface area contributed by atoms with Gasteiger partial charge in [-0.3, -0.25) is 14.6 Å². The normalized spacial score (nSPS) is 22.9. The van der Waals surface area contributed by atoms with E-state index < -0.39 is 11.8 Å². The maximum Gasteiger partial charge on any atom is 0.315 e. The minimum atomic E-state index is -0.695. The SMILES string of the molecule is COc1ccc([C@@H]2CC(=O)C3=C(C2)N=C(C)C(C(=O)OC2CCCC2)[C@H]3c2ccc(OC)c(OC)c2)cc1OC. The Labute approximate surface area is 235 Å². The van der Waals surface area contributed by atoms with E-state index in [1.165, 1.54) is 0 Å². The van der Waals surface area contributed by atoms with Crippen LogP contribution in [0, 0.1) is 5.92 Å². The highest BCUT2D eigenvalue weighted by Gasteiger charge is 2.45. The number of esters is 1. The van der Waals surface area contributed by atoms with Crippen LogP contribution in [0.1, 0.15) is 68.4 Å². The highest BCUT2D eigenvalue weighted by Crippen LogP contribution is 2.48. The molecule has 2 aliphatic carbocycles. The van der Waals surface area contributed by atoms with E-state index in [-0.39, 0.29) is 23.8 Å². The summed E-state index contributed by atoms with van der Waals surface area (Å²) in [5.74, 6) is 0.733. The lowest BCUT2D eigenvalue weighted by molar-refractivity contribution is -0.151. The van der Waals surface area contributed by atoms with Crippen molar-refractivity contribution in [1.82, 2.24) is 0 Å². The van der Waals surface area contributed by atoms with Gasteiger partial charge >= 0.3 is 5.97 Å². The smallest absolute Gasteiger partial charge is 0.315 e. The molecule has 40 heavy (non-hydrogen) atoms. The first kappa shape index (κ1) is 27.7. The number of hydrogen-bond donors (Lipinski definition) is 0. The van der Waals surface area contributed by atoms with Gasteiger partial charge in [-0.05, 0) is 80.3 Å². The van der Waals surface area contributed by atoms with Crippen LogP contribution in [0.3, 0.4) is 0 Å². The minimum Gasteiger partial charge on any atom is -0.493 e. The van der Waals surface area contributed by atoms with E-state index >= 15 is 0 Å². The number of ether oxygens (including phenoxy) is 5. The van der Waals surface area contributed by atoms with Crippen LogP contribution in [0.2, 0.25) is 0 Å². The van der Waals surface area contributed by atoms with Gasteiger partial charge in [-0.1, -0.05) is 12.1 Å². The Kier molecular flexibility index (Phi) is 8.14. The van der Waals surface area contributed by atoms with Gasteiger partial charge in [-0.15, -0.1) is 0 Å². The summed E-state index contributed by atoms with van der Waals surface area (Å²) in [5.41, 5.74) is 3.74. The van der Waals surface area contributed by atoms with Crippen molar-refractivity contribution in [3.8, 4) is 23.0 Å². The topological polar surface area (TPSA) is 92.7 Å². The number of methoxy groups -OCH3 is 4. The lowest BCUT2D eigenvalue weighted by Gasteiger charge is -2.37. The molecule has 1 fully saturated rings. The third-order valence-corrected chi connectivity index (χ3v) is 8.37. The number of carbonyl (C=O) groups excluding carboxylic acids is 2. The zero-order chi connectivity index (χ0) is 28.4. The molecule has 3 atom stereocenters. The Hall–Kier alpha value is -3.81. The largest absolute Gasteiger partial charge is 0.493 e. The third-order valence-electron chi connectivity index (χ3n) is 8.37. The Bertz CT molecular complexity index is 1360. The molecule has 1 heterocycles. The molecule has 2 aromatic rings. The van der Waals surface area contributed by atoms with Gasteiger partial charge in [0.25, 0.3) is 0 Å². The summed E-state index contributed by atoms with van der Waals surface area (Å²) in [5, 5.41) is 0. The number of nitrogens with zero attached hydrogens (tertiary/aromatic N) is 1. The number of allylic oxidation sites excluding steroid dienone is 2. The summed E-state index contributed by atoms with van der Waals surface area (Å²) < 4.78 is 27.9. The van der Waals surface area contributed by atoms with Crippen molar-refractivity contribution in [2.45, 2.75) is 63.4 Å². The lowest BCUT2D eigenvalue weighted by Crippen LogP contribution is -2.39. The number of carbonyl (C=O) groups is 2. The first-order chi connectivity index (χ1) is 19.4. The van der Waals surface area contributed by atoms with Crippen LogP contribution in [0.4, 0.5) is 0 Å². The predicted octanol–water partition coefficient (Wildman–Crippen LogP) is 5.78. The first-order valence-corrected chi connectivity index (χ1v) is 13.8. The summed E-state index contributed by atoms with van der Waals surface area (Å²) in [4.78, 5) is 32.6. The molecular formula is C32H37NO7. The average molecular weight is 548 g/mol. The number of aliphatic imine (C=N–C) groups is 1. The maximum absolute atomic E-state index is 14.0. The average Bonchev–Trinajstić information content (AvgIpc) is 3.48. The minimum absolute atomic E-state index is 0.0178. The van der Waals surface area contributed by atoms with Gasteiger partial charge in [0.15, 0.2) is 28.8 Å². The van der Waals surface area contributed by atoms with Gasteiger partial charge in [-0.25, -0.2) is 0 Å². The molecule has 8 heteroatoms. The Morgan fingerprint density at radius 2 is 1.38 bits per heavy atom. The summed E-state index contributed by atoms with van der Waals surface area (Å²) in [7, 11) is 6.35. The number of rotatable bonds is 8. The van der Waals surface area contributed by atoms with Crippen LogP contribution in [-0.2, 0) is 14.3 Å². The van der Waals surface area contributed by atoms with Gasteiger partial charge in [0.05, 0.1) is 28.4 Å². The molecule has 3 aliphatic rings. The molecule has 2 aromatic carbocycles. The van der Waals surface area contributed by atoms with Crippen molar-refractivity contribution in [2.75, 3.05) is 28.4 Å². The second-order valence-electron chi connectivity index (χ2n) is 10.7. The molecule has 8 nitrogen and oxygen atoms in total. The summed E-state index contributed by atoms with van der Waals surface area (Å²) in [6, 6.07) is 11.3. The molecule has 0 spiro atoms. The van der Waals surface area contributed by atoms with Gasteiger partial charge in [-0.2, -0.15) is 0 Å². The van der Waals surface area contributed by atoms with E-state index in [4.69, 9.17) is 28.7 Å². The molecule has 0 saturated heterocycles. The molecule has 0 N–H and O–H groups in total. The summed E-state index contributed by atoms with van der Waals surface area (Å²) >= 11 is 0. The Morgan fingerprint density at radius 3 is 1.98 bits per heavy atom. The van der Waals surface area contributed by atoms with Gasteiger partial charge in [0.2, 0.25) is 0 Å². The van der Waals surface area contributed by atoms with Crippen LogP contribution < -0.4 is 18.9 Å². The van der Waals surface area contributed by atoms with E-state index in [9.17, 15) is 9.59 Å². The molecular weight excluding hydrogens is 510 g/mol. The quantitative estimate of drug-likeness (QED) is 0.387. The number of Topliss-reactive ketones (excluding diaryl/α,β-unsaturated/α-hetero) is 1. The predicted molar refractivity (Wildman–Crippen MR) is 151 cm³/mol. The van der Waals surface area contributed by atoms with Crippen molar-refractivity contribution in [3.05, 3.63) is 58.8 Å². The fourth-order valence-corrected chi connectivity index (χ4v) is 6.36. The molecule has 0 bridgehead atoms. The summed E-state index contributed by atoms with van der Waals surface area (Å²) in [6.45, 7) is 1.86.